The number of halogens is 2. The lowest BCUT2D eigenvalue weighted by Gasteiger charge is -2.04. The average Bonchev–Trinajstić information content (AvgIpc) is 3.50. The van der Waals surface area contributed by atoms with Crippen LogP contribution in [0.1, 0.15) is 34.4 Å². The fraction of sp³-hybridized carbons (Fsp3) is 0.182. The molecule has 32 heavy (non-hydrogen) atoms. The Labute approximate surface area is 193 Å². The molecule has 1 N–H and O–H groups in total. The first-order chi connectivity index (χ1) is 15.5. The smallest absolute Gasteiger partial charge is 0.254 e. The number of fused-ring (bicyclic) bond motifs is 2. The van der Waals surface area contributed by atoms with Crippen molar-refractivity contribution in [2.24, 2.45) is 0 Å². The molecule has 5 aromatic rings. The van der Waals surface area contributed by atoms with Crippen molar-refractivity contribution >= 4 is 40.3 Å². The molecular weight excluding hydrogens is 449 g/mol. The standard InChI is InChI=1S/C22H19Cl2N7O/c1-2-19-17(24)3-4-21-28-16(12-31(19)21)11-30-10-14(8-27-30)22(32)25-9-18-20-7-15(23)5-6-29(20)13-26-18/h3-8,10,12-13H,2,9,11H2,1H3,(H,25,32). The number of hydrogen-bond donors (Lipinski definition) is 1. The second-order valence-electron chi connectivity index (χ2n) is 7.38. The van der Waals surface area contributed by atoms with E-state index < -0.39 is 0 Å². The van der Waals surface area contributed by atoms with Crippen LogP contribution in [0.4, 0.5) is 0 Å². The fourth-order valence-corrected chi connectivity index (χ4v) is 4.15. The fourth-order valence-electron chi connectivity index (χ4n) is 3.70. The van der Waals surface area contributed by atoms with Gasteiger partial charge in [-0.05, 0) is 30.7 Å². The van der Waals surface area contributed by atoms with E-state index in [1.165, 1.54) is 0 Å². The number of carbonyl (C=O) groups excluding carboxylic acids is 1. The Morgan fingerprint density at radius 3 is 2.91 bits per heavy atom. The van der Waals surface area contributed by atoms with Gasteiger partial charge in [0, 0.05) is 29.3 Å². The van der Waals surface area contributed by atoms with E-state index in [0.717, 1.165) is 39.7 Å². The summed E-state index contributed by atoms with van der Waals surface area (Å²) in [4.78, 5) is 21.6. The van der Waals surface area contributed by atoms with Gasteiger partial charge in [-0.1, -0.05) is 30.1 Å². The first-order valence-corrected chi connectivity index (χ1v) is 10.8. The van der Waals surface area contributed by atoms with Crippen molar-refractivity contribution in [2.45, 2.75) is 26.4 Å². The summed E-state index contributed by atoms with van der Waals surface area (Å²) in [6.07, 6.45) is 9.53. The van der Waals surface area contributed by atoms with Gasteiger partial charge in [-0.2, -0.15) is 5.10 Å². The highest BCUT2D eigenvalue weighted by molar-refractivity contribution is 6.31. The molecule has 0 fully saturated rings. The van der Waals surface area contributed by atoms with Gasteiger partial charge in [-0.3, -0.25) is 9.48 Å². The molecule has 5 rings (SSSR count). The quantitative estimate of drug-likeness (QED) is 0.408. The Balaban J connectivity index is 1.28. The monoisotopic (exact) mass is 467 g/mol. The minimum atomic E-state index is -0.227. The molecule has 0 saturated carbocycles. The SMILES string of the molecule is CCc1c(Cl)ccc2nc(Cn3cc(C(=O)NCc4ncn5ccc(Cl)cc45)cn3)cn12. The van der Waals surface area contributed by atoms with E-state index in [2.05, 4.69) is 27.3 Å². The normalized spacial score (nSPS) is 11.5. The van der Waals surface area contributed by atoms with E-state index in [9.17, 15) is 4.79 Å². The lowest BCUT2D eigenvalue weighted by molar-refractivity contribution is 0.0950. The highest BCUT2D eigenvalue weighted by Crippen LogP contribution is 2.20. The largest absolute Gasteiger partial charge is 0.346 e. The van der Waals surface area contributed by atoms with Crippen LogP contribution >= 0.6 is 23.2 Å². The Morgan fingerprint density at radius 2 is 2.06 bits per heavy atom. The molecule has 0 atom stereocenters. The number of amides is 1. The van der Waals surface area contributed by atoms with Gasteiger partial charge < -0.3 is 14.1 Å². The number of carbonyl (C=O) groups is 1. The number of aryl methyl sites for hydroxylation is 1. The second kappa shape index (κ2) is 8.29. The molecule has 0 aliphatic heterocycles. The maximum Gasteiger partial charge on any atom is 0.254 e. The molecule has 8 nitrogen and oxygen atoms in total. The number of hydrogen-bond acceptors (Lipinski definition) is 4. The molecule has 162 valence electrons. The summed E-state index contributed by atoms with van der Waals surface area (Å²) in [6.45, 7) is 2.79. The van der Waals surface area contributed by atoms with Gasteiger partial charge in [0.05, 0.1) is 53.1 Å². The second-order valence-corrected chi connectivity index (χ2v) is 8.22. The molecule has 1 amide bonds. The van der Waals surface area contributed by atoms with Gasteiger partial charge in [0.2, 0.25) is 0 Å². The Bertz CT molecular complexity index is 1450. The summed E-state index contributed by atoms with van der Waals surface area (Å²) in [5.41, 5.74) is 4.73. The minimum absolute atomic E-state index is 0.227. The number of pyridine rings is 2. The molecular formula is C22H19Cl2N7O. The number of rotatable bonds is 6. The highest BCUT2D eigenvalue weighted by atomic mass is 35.5. The summed E-state index contributed by atoms with van der Waals surface area (Å²) < 4.78 is 5.54. The third kappa shape index (κ3) is 3.83. The van der Waals surface area contributed by atoms with E-state index in [4.69, 9.17) is 23.2 Å². The molecule has 0 aliphatic carbocycles. The molecule has 0 saturated heterocycles. The van der Waals surface area contributed by atoms with Crippen LogP contribution in [0, 0.1) is 0 Å². The molecule has 0 aliphatic rings. The summed E-state index contributed by atoms with van der Waals surface area (Å²) in [6, 6.07) is 7.35. The third-order valence-corrected chi connectivity index (χ3v) is 5.86. The van der Waals surface area contributed by atoms with E-state index in [1.807, 2.05) is 39.4 Å². The number of nitrogens with zero attached hydrogens (tertiary/aromatic N) is 6. The first-order valence-electron chi connectivity index (χ1n) is 10.1. The van der Waals surface area contributed by atoms with Crippen molar-refractivity contribution in [3.8, 4) is 0 Å². The summed E-state index contributed by atoms with van der Waals surface area (Å²) in [7, 11) is 0. The van der Waals surface area contributed by atoms with Crippen molar-refractivity contribution in [3.05, 3.63) is 88.1 Å². The van der Waals surface area contributed by atoms with E-state index in [1.54, 1.807) is 29.5 Å². The number of imidazole rings is 2. The van der Waals surface area contributed by atoms with Gasteiger partial charge in [-0.25, -0.2) is 9.97 Å². The van der Waals surface area contributed by atoms with Crippen molar-refractivity contribution in [1.82, 2.24) is 33.9 Å². The van der Waals surface area contributed by atoms with Crippen LogP contribution in [0.25, 0.3) is 11.2 Å². The Hall–Kier alpha value is -3.36. The van der Waals surface area contributed by atoms with Gasteiger partial charge in [-0.15, -0.1) is 0 Å². The predicted molar refractivity (Wildman–Crippen MR) is 122 cm³/mol. The molecule has 5 aromatic heterocycles. The third-order valence-electron chi connectivity index (χ3n) is 5.28. The topological polar surface area (TPSA) is 81.5 Å². The van der Waals surface area contributed by atoms with Crippen LogP contribution in [0.5, 0.6) is 0 Å². The summed E-state index contributed by atoms with van der Waals surface area (Å²) in [5.74, 6) is -0.227. The summed E-state index contributed by atoms with van der Waals surface area (Å²) in [5, 5.41) is 8.54. The van der Waals surface area contributed by atoms with Crippen molar-refractivity contribution in [1.29, 1.82) is 0 Å². The molecule has 0 radical (unpaired) electrons. The van der Waals surface area contributed by atoms with Gasteiger partial charge in [0.25, 0.3) is 5.91 Å². The van der Waals surface area contributed by atoms with Crippen LogP contribution in [-0.2, 0) is 19.5 Å². The van der Waals surface area contributed by atoms with Crippen molar-refractivity contribution in [2.75, 3.05) is 0 Å². The minimum Gasteiger partial charge on any atom is -0.346 e. The Kier molecular flexibility index (Phi) is 5.32. The zero-order valence-corrected chi connectivity index (χ0v) is 18.7. The molecule has 0 unspecified atom stereocenters. The number of aromatic nitrogens is 6. The van der Waals surface area contributed by atoms with Crippen LogP contribution < -0.4 is 5.32 Å². The van der Waals surface area contributed by atoms with Crippen LogP contribution in [0.15, 0.2) is 55.4 Å². The van der Waals surface area contributed by atoms with Gasteiger partial charge in [0.1, 0.15) is 5.65 Å². The van der Waals surface area contributed by atoms with Crippen LogP contribution in [0.3, 0.4) is 0 Å². The highest BCUT2D eigenvalue weighted by Gasteiger charge is 2.13. The zero-order chi connectivity index (χ0) is 22.2. The maximum absolute atomic E-state index is 12.6. The van der Waals surface area contributed by atoms with Crippen LogP contribution in [-0.4, -0.2) is 34.5 Å². The van der Waals surface area contributed by atoms with Gasteiger partial charge >= 0.3 is 0 Å². The van der Waals surface area contributed by atoms with E-state index >= 15 is 0 Å². The number of nitrogens with one attached hydrogen (secondary N) is 1. The average molecular weight is 468 g/mol. The lowest BCUT2D eigenvalue weighted by Crippen LogP contribution is -2.22. The van der Waals surface area contributed by atoms with Gasteiger partial charge in [0.15, 0.2) is 0 Å². The molecule has 0 spiro atoms. The molecule has 10 heteroatoms. The van der Waals surface area contributed by atoms with Crippen LogP contribution in [0.2, 0.25) is 10.0 Å². The van der Waals surface area contributed by atoms with E-state index in [0.29, 0.717) is 17.1 Å². The van der Waals surface area contributed by atoms with Crippen molar-refractivity contribution in [3.63, 3.8) is 0 Å². The molecule has 5 heterocycles. The van der Waals surface area contributed by atoms with E-state index in [-0.39, 0.29) is 12.5 Å². The first kappa shape index (κ1) is 20.5. The zero-order valence-electron chi connectivity index (χ0n) is 17.2. The lowest BCUT2D eigenvalue weighted by atomic mass is 10.3. The summed E-state index contributed by atoms with van der Waals surface area (Å²) >= 11 is 12.4. The predicted octanol–water partition coefficient (Wildman–Crippen LogP) is 4.03. The van der Waals surface area contributed by atoms with Crippen molar-refractivity contribution < 1.29 is 4.79 Å². The Morgan fingerprint density at radius 1 is 1.19 bits per heavy atom. The maximum atomic E-state index is 12.6. The molecule has 0 bridgehead atoms. The molecule has 0 aromatic carbocycles.